The molecule has 2 aromatic rings. The van der Waals surface area contributed by atoms with Crippen LogP contribution < -0.4 is 5.73 Å². The molecule has 2 rings (SSSR count). The number of nitrogen functional groups attached to an aromatic ring is 1. The second-order valence-electron chi connectivity index (χ2n) is 5.48. The highest BCUT2D eigenvalue weighted by Crippen LogP contribution is 2.34. The molecular weight excluding hydrogens is 335 g/mol. The van der Waals surface area contributed by atoms with E-state index < -0.39 is 17.7 Å². The van der Waals surface area contributed by atoms with E-state index in [9.17, 15) is 18.0 Å². The molecule has 0 radical (unpaired) electrons. The first-order valence-electron chi connectivity index (χ1n) is 8.00. The van der Waals surface area contributed by atoms with Crippen molar-refractivity contribution in [2.45, 2.75) is 39.4 Å². The SMILES string of the molecule is CCCCn1nc(C(=O)OCC)c(N)c1-c1ccc(C(F)(F)F)cc1. The van der Waals surface area contributed by atoms with E-state index >= 15 is 0 Å². The summed E-state index contributed by atoms with van der Waals surface area (Å²) in [5, 5.41) is 4.21. The summed E-state index contributed by atoms with van der Waals surface area (Å²) < 4.78 is 44.7. The van der Waals surface area contributed by atoms with Crippen molar-refractivity contribution in [3.8, 4) is 11.3 Å². The molecule has 0 atom stereocenters. The molecule has 1 aromatic carbocycles. The summed E-state index contributed by atoms with van der Waals surface area (Å²) in [6.07, 6.45) is -2.74. The fraction of sp³-hybridized carbons (Fsp3) is 0.412. The van der Waals surface area contributed by atoms with Crippen molar-refractivity contribution in [1.29, 1.82) is 0 Å². The number of anilines is 1. The molecule has 0 aliphatic rings. The van der Waals surface area contributed by atoms with Crippen molar-refractivity contribution >= 4 is 11.7 Å². The summed E-state index contributed by atoms with van der Waals surface area (Å²) in [7, 11) is 0. The third-order valence-electron chi connectivity index (χ3n) is 3.67. The first-order chi connectivity index (χ1) is 11.8. The minimum atomic E-state index is -4.41. The van der Waals surface area contributed by atoms with Crippen LogP contribution >= 0.6 is 0 Å². The quantitative estimate of drug-likeness (QED) is 0.791. The van der Waals surface area contributed by atoms with Crippen molar-refractivity contribution in [2.75, 3.05) is 12.3 Å². The van der Waals surface area contributed by atoms with Gasteiger partial charge >= 0.3 is 12.1 Å². The molecule has 1 heterocycles. The molecule has 0 amide bonds. The highest BCUT2D eigenvalue weighted by molar-refractivity contribution is 5.97. The number of halogens is 3. The highest BCUT2D eigenvalue weighted by Gasteiger charge is 2.30. The molecule has 1 aromatic heterocycles. The van der Waals surface area contributed by atoms with Crippen LogP contribution in [0.15, 0.2) is 24.3 Å². The van der Waals surface area contributed by atoms with Crippen LogP contribution in [0.2, 0.25) is 0 Å². The average Bonchev–Trinajstić information content (AvgIpc) is 2.89. The highest BCUT2D eigenvalue weighted by atomic mass is 19.4. The van der Waals surface area contributed by atoms with Gasteiger partial charge in [-0.15, -0.1) is 0 Å². The van der Waals surface area contributed by atoms with Crippen LogP contribution in [-0.2, 0) is 17.5 Å². The zero-order valence-corrected chi connectivity index (χ0v) is 14.1. The van der Waals surface area contributed by atoms with Gasteiger partial charge in [-0.1, -0.05) is 25.5 Å². The number of nitrogens with two attached hydrogens (primary N) is 1. The molecule has 0 unspecified atom stereocenters. The van der Waals surface area contributed by atoms with E-state index in [0.717, 1.165) is 25.0 Å². The van der Waals surface area contributed by atoms with Crippen molar-refractivity contribution in [1.82, 2.24) is 9.78 Å². The van der Waals surface area contributed by atoms with E-state index in [0.29, 0.717) is 17.8 Å². The predicted octanol–water partition coefficient (Wildman–Crippen LogP) is 4.13. The fourth-order valence-electron chi connectivity index (χ4n) is 2.42. The van der Waals surface area contributed by atoms with Gasteiger partial charge in [-0.25, -0.2) is 4.79 Å². The van der Waals surface area contributed by atoms with Gasteiger partial charge in [-0.05, 0) is 25.5 Å². The van der Waals surface area contributed by atoms with Crippen LogP contribution in [-0.4, -0.2) is 22.4 Å². The number of hydrogen-bond acceptors (Lipinski definition) is 4. The van der Waals surface area contributed by atoms with Gasteiger partial charge < -0.3 is 10.5 Å². The molecule has 0 aliphatic heterocycles. The maximum Gasteiger partial charge on any atom is 0.416 e. The molecule has 5 nitrogen and oxygen atoms in total. The minimum Gasteiger partial charge on any atom is -0.461 e. The van der Waals surface area contributed by atoms with Crippen molar-refractivity contribution in [3.63, 3.8) is 0 Å². The number of alkyl halides is 3. The molecule has 0 fully saturated rings. The van der Waals surface area contributed by atoms with E-state index in [1.807, 2.05) is 6.92 Å². The van der Waals surface area contributed by atoms with Gasteiger partial charge in [0.05, 0.1) is 23.6 Å². The number of hydrogen-bond donors (Lipinski definition) is 1. The summed E-state index contributed by atoms with van der Waals surface area (Å²) in [5.41, 5.74) is 6.28. The van der Waals surface area contributed by atoms with Gasteiger partial charge in [0.25, 0.3) is 0 Å². The Morgan fingerprint density at radius 2 is 1.88 bits per heavy atom. The Hall–Kier alpha value is -2.51. The lowest BCUT2D eigenvalue weighted by molar-refractivity contribution is -0.137. The van der Waals surface area contributed by atoms with Gasteiger partial charge in [-0.2, -0.15) is 18.3 Å². The molecular formula is C17H20F3N3O2. The number of nitrogens with zero attached hydrogens (tertiary/aromatic N) is 2. The lowest BCUT2D eigenvalue weighted by Crippen LogP contribution is -2.08. The average molecular weight is 355 g/mol. The Morgan fingerprint density at radius 3 is 2.40 bits per heavy atom. The smallest absolute Gasteiger partial charge is 0.416 e. The van der Waals surface area contributed by atoms with Gasteiger partial charge in [0.15, 0.2) is 5.69 Å². The van der Waals surface area contributed by atoms with E-state index in [4.69, 9.17) is 10.5 Å². The number of ether oxygens (including phenoxy) is 1. The molecule has 0 bridgehead atoms. The Labute approximate surface area is 143 Å². The number of carbonyl (C=O) groups is 1. The summed E-state index contributed by atoms with van der Waals surface area (Å²) in [6, 6.07) is 4.62. The van der Waals surface area contributed by atoms with Crippen LogP contribution in [0.25, 0.3) is 11.3 Å². The lowest BCUT2D eigenvalue weighted by atomic mass is 10.1. The van der Waals surface area contributed by atoms with E-state index in [1.54, 1.807) is 11.6 Å². The fourth-order valence-corrected chi connectivity index (χ4v) is 2.42. The molecule has 0 saturated heterocycles. The Balaban J connectivity index is 2.48. The minimum absolute atomic E-state index is 0.0205. The molecule has 25 heavy (non-hydrogen) atoms. The normalized spacial score (nSPS) is 11.6. The van der Waals surface area contributed by atoms with Gasteiger partial charge in [-0.3, -0.25) is 4.68 Å². The molecule has 0 spiro atoms. The number of aryl methyl sites for hydroxylation is 1. The van der Waals surface area contributed by atoms with Gasteiger partial charge in [0, 0.05) is 12.1 Å². The third kappa shape index (κ3) is 4.12. The lowest BCUT2D eigenvalue weighted by Gasteiger charge is -2.10. The molecule has 8 heteroatoms. The zero-order valence-electron chi connectivity index (χ0n) is 14.1. The van der Waals surface area contributed by atoms with Crippen LogP contribution in [0.1, 0.15) is 42.7 Å². The molecule has 0 saturated carbocycles. The molecule has 136 valence electrons. The van der Waals surface area contributed by atoms with E-state index in [2.05, 4.69) is 5.10 Å². The summed E-state index contributed by atoms with van der Waals surface area (Å²) >= 11 is 0. The predicted molar refractivity (Wildman–Crippen MR) is 87.9 cm³/mol. The maximum absolute atomic E-state index is 12.7. The third-order valence-corrected chi connectivity index (χ3v) is 3.67. The summed E-state index contributed by atoms with van der Waals surface area (Å²) in [4.78, 5) is 12.0. The second kappa shape index (κ2) is 7.58. The Bertz CT molecular complexity index is 737. The largest absolute Gasteiger partial charge is 0.461 e. The van der Waals surface area contributed by atoms with Crippen LogP contribution in [0.3, 0.4) is 0 Å². The first kappa shape index (κ1) is 18.8. The van der Waals surface area contributed by atoms with Gasteiger partial charge in [0.1, 0.15) is 0 Å². The molecule has 2 N–H and O–H groups in total. The molecule has 0 aliphatic carbocycles. The van der Waals surface area contributed by atoms with Crippen molar-refractivity contribution in [3.05, 3.63) is 35.5 Å². The maximum atomic E-state index is 12.7. The number of benzene rings is 1. The second-order valence-corrected chi connectivity index (χ2v) is 5.48. The number of aromatic nitrogens is 2. The Kier molecular flexibility index (Phi) is 5.71. The number of esters is 1. The summed E-state index contributed by atoms with van der Waals surface area (Å²) in [5.74, 6) is -0.650. The number of carbonyl (C=O) groups excluding carboxylic acids is 1. The van der Waals surface area contributed by atoms with Gasteiger partial charge in [0.2, 0.25) is 0 Å². The zero-order chi connectivity index (χ0) is 18.6. The van der Waals surface area contributed by atoms with Crippen molar-refractivity contribution < 1.29 is 22.7 Å². The van der Waals surface area contributed by atoms with Crippen molar-refractivity contribution in [2.24, 2.45) is 0 Å². The van der Waals surface area contributed by atoms with Crippen LogP contribution in [0.5, 0.6) is 0 Å². The topological polar surface area (TPSA) is 70.1 Å². The standard InChI is InChI=1S/C17H20F3N3O2/c1-3-5-10-23-15(13(21)14(22-23)16(24)25-4-2)11-6-8-12(9-7-11)17(18,19)20/h6-9H,3-5,10,21H2,1-2H3. The number of unbranched alkanes of at least 4 members (excludes halogenated alkanes) is 1. The summed E-state index contributed by atoms with van der Waals surface area (Å²) in [6.45, 7) is 4.34. The van der Waals surface area contributed by atoms with Crippen LogP contribution in [0.4, 0.5) is 18.9 Å². The number of rotatable bonds is 6. The monoisotopic (exact) mass is 355 g/mol. The van der Waals surface area contributed by atoms with E-state index in [1.165, 1.54) is 12.1 Å². The van der Waals surface area contributed by atoms with Crippen LogP contribution in [0, 0.1) is 0 Å². The first-order valence-corrected chi connectivity index (χ1v) is 8.00. The Morgan fingerprint density at radius 1 is 1.24 bits per heavy atom. The van der Waals surface area contributed by atoms with E-state index in [-0.39, 0.29) is 18.0 Å².